The third-order valence-electron chi connectivity index (χ3n) is 6.42. The average molecular weight is 511 g/mol. The van der Waals surface area contributed by atoms with Gasteiger partial charge in [-0.1, -0.05) is 29.3 Å². The Kier molecular flexibility index (Phi) is 6.60. The minimum Gasteiger partial charge on any atom is -0.476 e. The highest BCUT2D eigenvalue weighted by Crippen LogP contribution is 2.40. The molecule has 1 amide bonds. The van der Waals surface area contributed by atoms with Crippen LogP contribution < -0.4 is 15.0 Å². The molecule has 178 valence electrons. The summed E-state index contributed by atoms with van der Waals surface area (Å²) < 4.78 is 29.9. The molecule has 0 spiro atoms. The lowest BCUT2D eigenvalue weighted by atomic mass is 9.95. The number of hydrogen-bond acceptors (Lipinski definition) is 5. The number of nitrogens with one attached hydrogen (secondary N) is 1. The van der Waals surface area contributed by atoms with Crippen LogP contribution >= 0.6 is 23.2 Å². The zero-order valence-corrected chi connectivity index (χ0v) is 21.2. The molecule has 2 aromatic rings. The van der Waals surface area contributed by atoms with Gasteiger partial charge in [0.05, 0.1) is 9.92 Å². The number of carbonyl (C=O) groups excluding carboxylic acids is 1. The lowest BCUT2D eigenvalue weighted by molar-refractivity contribution is -0.135. The molecule has 2 bridgehead atoms. The maximum Gasteiger partial charge on any atom is 0.263 e. The molecule has 2 aliphatic rings. The van der Waals surface area contributed by atoms with E-state index in [1.54, 1.807) is 50.2 Å². The summed E-state index contributed by atoms with van der Waals surface area (Å²) in [7, 11) is -3.27. The summed E-state index contributed by atoms with van der Waals surface area (Å²) in [5, 5.41) is 4.01. The van der Waals surface area contributed by atoms with Crippen molar-refractivity contribution >= 4 is 44.6 Å². The van der Waals surface area contributed by atoms with Gasteiger partial charge in [0.25, 0.3) is 5.91 Å². The largest absolute Gasteiger partial charge is 0.476 e. The number of piperidine rings is 1. The van der Waals surface area contributed by atoms with Crippen LogP contribution in [0.1, 0.15) is 39.5 Å². The molecule has 33 heavy (non-hydrogen) atoms. The van der Waals surface area contributed by atoms with Gasteiger partial charge in [0.2, 0.25) is 0 Å². The minimum absolute atomic E-state index is 0.0212. The highest BCUT2D eigenvalue weighted by atomic mass is 35.5. The molecule has 2 aromatic carbocycles. The topological polar surface area (TPSA) is 75.7 Å². The monoisotopic (exact) mass is 510 g/mol. The van der Waals surface area contributed by atoms with Crippen molar-refractivity contribution in [3.8, 4) is 5.75 Å². The summed E-state index contributed by atoms with van der Waals surface area (Å²) in [4.78, 5) is 15.7. The second kappa shape index (κ2) is 9.01. The third kappa shape index (κ3) is 5.26. The number of carbonyl (C=O) groups is 1. The van der Waals surface area contributed by atoms with Gasteiger partial charge < -0.3 is 15.0 Å². The number of benzene rings is 2. The van der Waals surface area contributed by atoms with Crippen LogP contribution in [-0.4, -0.2) is 44.3 Å². The van der Waals surface area contributed by atoms with Gasteiger partial charge in [0, 0.05) is 35.1 Å². The number of halogens is 2. The van der Waals surface area contributed by atoms with Crippen molar-refractivity contribution in [2.75, 3.05) is 11.2 Å². The van der Waals surface area contributed by atoms with E-state index in [9.17, 15) is 13.2 Å². The van der Waals surface area contributed by atoms with Gasteiger partial charge in [0.1, 0.15) is 5.75 Å². The first-order valence-electron chi connectivity index (χ1n) is 11.0. The number of fused-ring (bicyclic) bond motifs is 2. The van der Waals surface area contributed by atoms with Gasteiger partial charge in [-0.2, -0.15) is 0 Å². The molecule has 3 atom stereocenters. The molecule has 0 radical (unpaired) electrons. The van der Waals surface area contributed by atoms with Crippen molar-refractivity contribution in [3.63, 3.8) is 0 Å². The van der Waals surface area contributed by atoms with Crippen molar-refractivity contribution < 1.29 is 17.9 Å². The molecule has 2 aliphatic heterocycles. The molecular weight excluding hydrogens is 483 g/mol. The summed E-state index contributed by atoms with van der Waals surface area (Å²) in [5.74, 6) is 0.201. The van der Waals surface area contributed by atoms with Crippen LogP contribution in [0.2, 0.25) is 10.0 Å². The maximum atomic E-state index is 13.1. The van der Waals surface area contributed by atoms with E-state index in [2.05, 4.69) is 10.2 Å². The van der Waals surface area contributed by atoms with E-state index in [1.165, 1.54) is 6.26 Å². The average Bonchev–Trinajstić information content (AvgIpc) is 3.00. The van der Waals surface area contributed by atoms with E-state index >= 15 is 0 Å². The van der Waals surface area contributed by atoms with Crippen LogP contribution in [-0.2, 0) is 14.6 Å². The van der Waals surface area contributed by atoms with Crippen LogP contribution in [0.3, 0.4) is 0 Å². The summed E-state index contributed by atoms with van der Waals surface area (Å²) >= 11 is 12.2. The fourth-order valence-electron chi connectivity index (χ4n) is 4.83. The molecule has 0 saturated carbocycles. The highest BCUT2D eigenvalue weighted by Gasteiger charge is 2.43. The van der Waals surface area contributed by atoms with Gasteiger partial charge in [0.15, 0.2) is 15.4 Å². The molecule has 6 nitrogen and oxygen atoms in total. The Morgan fingerprint density at radius 1 is 1.09 bits per heavy atom. The zero-order valence-electron chi connectivity index (χ0n) is 18.8. The molecule has 1 unspecified atom stereocenters. The lowest BCUT2D eigenvalue weighted by Crippen LogP contribution is -2.55. The summed E-state index contributed by atoms with van der Waals surface area (Å²) in [5.41, 5.74) is -0.187. The van der Waals surface area contributed by atoms with Crippen molar-refractivity contribution in [2.45, 2.75) is 68.2 Å². The predicted octanol–water partition coefficient (Wildman–Crippen LogP) is 4.87. The first kappa shape index (κ1) is 24.2. The summed E-state index contributed by atoms with van der Waals surface area (Å²) in [6.07, 6.45) is 4.84. The molecule has 2 fully saturated rings. The molecule has 2 heterocycles. The molecule has 0 aliphatic carbocycles. The number of sulfone groups is 1. The Bertz CT molecular complexity index is 1150. The number of ether oxygens (including phenoxy) is 1. The Hall–Kier alpha value is -1.96. The van der Waals surface area contributed by atoms with Gasteiger partial charge in [-0.15, -0.1) is 0 Å². The molecular formula is C24H28Cl2N2O4S. The van der Waals surface area contributed by atoms with Crippen molar-refractivity contribution in [1.82, 2.24) is 5.32 Å². The second-order valence-corrected chi connectivity index (χ2v) is 12.3. The third-order valence-corrected chi connectivity index (χ3v) is 8.06. The lowest BCUT2D eigenvalue weighted by Gasteiger charge is -2.41. The number of anilines is 1. The number of amides is 1. The summed E-state index contributed by atoms with van der Waals surface area (Å²) in [6, 6.07) is 12.6. The molecule has 1 N–H and O–H groups in total. The van der Waals surface area contributed by atoms with E-state index in [-0.39, 0.29) is 24.0 Å². The number of hydrogen-bond donors (Lipinski definition) is 1. The fraction of sp³-hybridized carbons (Fsp3) is 0.458. The highest BCUT2D eigenvalue weighted by molar-refractivity contribution is 7.90. The normalized spacial score (nSPS) is 22.8. The Labute approximate surface area is 205 Å². The Balaban J connectivity index is 1.43. The second-order valence-electron chi connectivity index (χ2n) is 9.39. The van der Waals surface area contributed by atoms with Crippen molar-refractivity contribution in [1.29, 1.82) is 0 Å². The van der Waals surface area contributed by atoms with Crippen LogP contribution in [0.4, 0.5) is 5.69 Å². The fourth-order valence-corrected chi connectivity index (χ4v) is 5.94. The number of nitrogens with zero attached hydrogens (tertiary/aromatic N) is 1. The van der Waals surface area contributed by atoms with Crippen molar-refractivity contribution in [3.05, 3.63) is 52.5 Å². The van der Waals surface area contributed by atoms with Crippen LogP contribution in [0.5, 0.6) is 5.75 Å². The van der Waals surface area contributed by atoms with Gasteiger partial charge in [-0.3, -0.25) is 4.79 Å². The SMILES string of the molecule is CC(C)(Oc1ccc(Cl)cc1Cl)C(=O)NC1C[C@H]2CC[C@@H](C1)N2c1cccc(S(C)(=O)=O)c1. The predicted molar refractivity (Wildman–Crippen MR) is 131 cm³/mol. The summed E-state index contributed by atoms with van der Waals surface area (Å²) in [6.45, 7) is 3.43. The smallest absolute Gasteiger partial charge is 0.263 e. The number of rotatable bonds is 6. The van der Waals surface area contributed by atoms with Gasteiger partial charge in [-0.05, 0) is 75.9 Å². The Morgan fingerprint density at radius 3 is 2.36 bits per heavy atom. The quantitative estimate of drug-likeness (QED) is 0.599. The first-order chi connectivity index (χ1) is 15.4. The molecule has 2 saturated heterocycles. The molecule has 9 heteroatoms. The first-order valence-corrected chi connectivity index (χ1v) is 13.6. The van der Waals surface area contributed by atoms with Crippen LogP contribution in [0.15, 0.2) is 47.4 Å². The van der Waals surface area contributed by atoms with Crippen LogP contribution in [0, 0.1) is 0 Å². The van der Waals surface area contributed by atoms with E-state index in [0.29, 0.717) is 20.7 Å². The molecule has 4 rings (SSSR count). The van der Waals surface area contributed by atoms with Crippen LogP contribution in [0.25, 0.3) is 0 Å². The van der Waals surface area contributed by atoms with Gasteiger partial charge >= 0.3 is 0 Å². The Morgan fingerprint density at radius 2 is 1.76 bits per heavy atom. The zero-order chi connectivity index (χ0) is 24.0. The van der Waals surface area contributed by atoms with E-state index < -0.39 is 15.4 Å². The van der Waals surface area contributed by atoms with Crippen molar-refractivity contribution in [2.24, 2.45) is 0 Å². The minimum atomic E-state index is -3.27. The van der Waals surface area contributed by atoms with E-state index in [0.717, 1.165) is 31.4 Å². The van der Waals surface area contributed by atoms with E-state index in [1.807, 2.05) is 6.07 Å². The standard InChI is InChI=1S/C24H28Cl2N2O4S/c1-24(2,32-22-10-7-15(25)11-21(22)26)23(29)27-16-12-18-8-9-19(13-16)28(18)17-5-4-6-20(14-17)33(3,30)31/h4-7,10-11,14,16,18-19H,8-9,12-13H2,1-3H3,(H,27,29)/t16?,18-,19+. The van der Waals surface area contributed by atoms with E-state index in [4.69, 9.17) is 27.9 Å². The van der Waals surface area contributed by atoms with Gasteiger partial charge in [-0.25, -0.2) is 8.42 Å². The maximum absolute atomic E-state index is 13.1. The molecule has 0 aromatic heterocycles.